The predicted molar refractivity (Wildman–Crippen MR) is 101 cm³/mol. The zero-order valence-corrected chi connectivity index (χ0v) is 15.0. The molecule has 1 aliphatic carbocycles. The first kappa shape index (κ1) is 17.9. The number of para-hydroxylation sites is 1. The van der Waals surface area contributed by atoms with Crippen molar-refractivity contribution in [2.75, 3.05) is 6.54 Å². The smallest absolute Gasteiger partial charge is 0.268 e. The van der Waals surface area contributed by atoms with E-state index in [0.717, 1.165) is 0 Å². The number of ketones is 1. The molecule has 5 nitrogen and oxygen atoms in total. The van der Waals surface area contributed by atoms with E-state index < -0.39 is 11.5 Å². The summed E-state index contributed by atoms with van der Waals surface area (Å²) in [6.07, 6.45) is 2.52. The number of Topliss-reactive ketones (excluding diaryl/α,β-unsaturated/α-hetero) is 1. The highest BCUT2D eigenvalue weighted by Crippen LogP contribution is 2.35. The van der Waals surface area contributed by atoms with Crippen LogP contribution in [0.3, 0.4) is 0 Å². The minimum Gasteiger partial charge on any atom is -0.348 e. The summed E-state index contributed by atoms with van der Waals surface area (Å²) in [7, 11) is 0. The Morgan fingerprint density at radius 1 is 1.23 bits per heavy atom. The van der Waals surface area contributed by atoms with Crippen molar-refractivity contribution in [3.05, 3.63) is 76.2 Å². The van der Waals surface area contributed by atoms with Gasteiger partial charge in [0.25, 0.3) is 11.5 Å². The van der Waals surface area contributed by atoms with E-state index in [-0.39, 0.29) is 23.3 Å². The van der Waals surface area contributed by atoms with E-state index in [9.17, 15) is 14.4 Å². The second-order valence-electron chi connectivity index (χ2n) is 7.33. The van der Waals surface area contributed by atoms with Crippen molar-refractivity contribution >= 4 is 11.7 Å². The predicted octanol–water partition coefficient (Wildman–Crippen LogP) is 2.91. The molecular weight excluding hydrogens is 328 g/mol. The fraction of sp³-hybridized carbons (Fsp3) is 0.286. The molecule has 0 atom stereocenters. The Morgan fingerprint density at radius 2 is 1.92 bits per heavy atom. The number of hydrogen-bond donors (Lipinski definition) is 1. The maximum atomic E-state index is 13.1. The number of benzene rings is 1. The molecule has 0 aliphatic heterocycles. The largest absolute Gasteiger partial charge is 0.348 e. The topological polar surface area (TPSA) is 68.2 Å². The van der Waals surface area contributed by atoms with Gasteiger partial charge in [0.2, 0.25) is 0 Å². The van der Waals surface area contributed by atoms with Crippen LogP contribution in [0.25, 0.3) is 5.69 Å². The van der Waals surface area contributed by atoms with Gasteiger partial charge in [-0.25, -0.2) is 0 Å². The second kappa shape index (κ2) is 6.75. The molecule has 0 unspecified atom stereocenters. The van der Waals surface area contributed by atoms with Crippen LogP contribution in [0.15, 0.2) is 53.8 Å². The van der Waals surface area contributed by atoms with E-state index in [2.05, 4.69) is 11.9 Å². The van der Waals surface area contributed by atoms with E-state index in [1.54, 1.807) is 18.2 Å². The van der Waals surface area contributed by atoms with Crippen LogP contribution in [0.1, 0.15) is 46.7 Å². The van der Waals surface area contributed by atoms with Crippen molar-refractivity contribution in [1.82, 2.24) is 9.88 Å². The third kappa shape index (κ3) is 3.25. The van der Waals surface area contributed by atoms with Crippen molar-refractivity contribution in [3.63, 3.8) is 0 Å². The van der Waals surface area contributed by atoms with Gasteiger partial charge in [-0.3, -0.25) is 19.0 Å². The standard InChI is InChI=1S/C21H22N2O3/c1-4-10-22-19(25)16-11-15-17(12-21(2,3)13-18(15)24)23(20(16)26)14-8-6-5-7-9-14/h4-9,11H,1,10,12-13H2,2-3H3,(H,22,25). The Hall–Kier alpha value is -2.95. The Balaban J connectivity index is 2.28. The van der Waals surface area contributed by atoms with Crippen molar-refractivity contribution in [3.8, 4) is 5.69 Å². The number of nitrogens with zero attached hydrogens (tertiary/aromatic N) is 1. The molecule has 1 amide bonds. The summed E-state index contributed by atoms with van der Waals surface area (Å²) in [6.45, 7) is 7.84. The molecule has 0 saturated carbocycles. The van der Waals surface area contributed by atoms with E-state index in [4.69, 9.17) is 0 Å². The Labute approximate surface area is 152 Å². The highest BCUT2D eigenvalue weighted by molar-refractivity contribution is 6.02. The Bertz CT molecular complexity index is 940. The van der Waals surface area contributed by atoms with E-state index in [1.807, 2.05) is 32.0 Å². The van der Waals surface area contributed by atoms with E-state index in [0.29, 0.717) is 29.8 Å². The van der Waals surface area contributed by atoms with E-state index >= 15 is 0 Å². The van der Waals surface area contributed by atoms with Gasteiger partial charge < -0.3 is 5.32 Å². The number of pyridine rings is 1. The third-order valence-corrected chi connectivity index (χ3v) is 4.55. The minimum absolute atomic E-state index is 0.0255. The summed E-state index contributed by atoms with van der Waals surface area (Å²) in [6, 6.07) is 10.6. The first-order chi connectivity index (χ1) is 12.3. The van der Waals surface area contributed by atoms with Crippen molar-refractivity contribution in [2.45, 2.75) is 26.7 Å². The van der Waals surface area contributed by atoms with Gasteiger partial charge in [0.05, 0.1) is 0 Å². The van der Waals surface area contributed by atoms with Gasteiger partial charge >= 0.3 is 0 Å². The van der Waals surface area contributed by atoms with Gasteiger partial charge in [0.1, 0.15) is 5.56 Å². The van der Waals surface area contributed by atoms with Crippen LogP contribution in [0.4, 0.5) is 0 Å². The molecule has 26 heavy (non-hydrogen) atoms. The number of nitrogens with one attached hydrogen (secondary N) is 1. The maximum Gasteiger partial charge on any atom is 0.268 e. The lowest BCUT2D eigenvalue weighted by Crippen LogP contribution is -2.38. The second-order valence-corrected chi connectivity index (χ2v) is 7.33. The lowest BCUT2D eigenvalue weighted by molar-refractivity contribution is 0.0908. The molecule has 0 bridgehead atoms. The quantitative estimate of drug-likeness (QED) is 0.862. The fourth-order valence-electron chi connectivity index (χ4n) is 3.39. The molecule has 0 saturated heterocycles. The van der Waals surface area contributed by atoms with Crippen LogP contribution in [-0.4, -0.2) is 22.8 Å². The highest BCUT2D eigenvalue weighted by atomic mass is 16.2. The van der Waals surface area contributed by atoms with Crippen molar-refractivity contribution < 1.29 is 9.59 Å². The molecule has 134 valence electrons. The Kier molecular flexibility index (Phi) is 4.64. The van der Waals surface area contributed by atoms with Crippen LogP contribution >= 0.6 is 0 Å². The summed E-state index contributed by atoms with van der Waals surface area (Å²) >= 11 is 0. The van der Waals surface area contributed by atoms with Crippen molar-refractivity contribution in [2.24, 2.45) is 5.41 Å². The zero-order chi connectivity index (χ0) is 18.9. The van der Waals surface area contributed by atoms with Crippen molar-refractivity contribution in [1.29, 1.82) is 0 Å². The molecule has 3 rings (SSSR count). The monoisotopic (exact) mass is 350 g/mol. The number of rotatable bonds is 4. The number of aromatic nitrogens is 1. The lowest BCUT2D eigenvalue weighted by Gasteiger charge is -2.32. The molecule has 2 aromatic rings. The van der Waals surface area contributed by atoms with Gasteiger partial charge in [-0.05, 0) is 30.0 Å². The molecule has 0 fully saturated rings. The lowest BCUT2D eigenvalue weighted by atomic mass is 9.75. The van der Waals surface area contributed by atoms with E-state index in [1.165, 1.54) is 10.6 Å². The van der Waals surface area contributed by atoms with Gasteiger partial charge in [0.15, 0.2) is 5.78 Å². The molecule has 5 heteroatoms. The molecule has 0 spiro atoms. The minimum atomic E-state index is -0.500. The summed E-state index contributed by atoms with van der Waals surface area (Å²) < 4.78 is 1.51. The van der Waals surface area contributed by atoms with Crippen LogP contribution in [0.2, 0.25) is 0 Å². The average Bonchev–Trinajstić information content (AvgIpc) is 2.59. The molecule has 1 aliphatic rings. The molecule has 1 aromatic heterocycles. The highest BCUT2D eigenvalue weighted by Gasteiger charge is 2.34. The molecular formula is C21H22N2O3. The SMILES string of the molecule is C=CCNC(=O)c1cc2c(n(-c3ccccc3)c1=O)CC(C)(C)CC2=O. The molecule has 1 N–H and O–H groups in total. The van der Waals surface area contributed by atoms with Gasteiger partial charge in [-0.15, -0.1) is 6.58 Å². The molecule has 1 heterocycles. The Morgan fingerprint density at radius 3 is 2.58 bits per heavy atom. The number of fused-ring (bicyclic) bond motifs is 1. The summed E-state index contributed by atoms with van der Waals surface area (Å²) in [5.41, 5.74) is 1.10. The number of amides is 1. The van der Waals surface area contributed by atoms with Gasteiger partial charge in [-0.2, -0.15) is 0 Å². The molecule has 1 aromatic carbocycles. The summed E-state index contributed by atoms with van der Waals surface area (Å²) in [4.78, 5) is 38.3. The first-order valence-electron chi connectivity index (χ1n) is 8.61. The van der Waals surface area contributed by atoms with Crippen LogP contribution in [0, 0.1) is 5.41 Å². The summed E-state index contributed by atoms with van der Waals surface area (Å²) in [5, 5.41) is 2.62. The third-order valence-electron chi connectivity index (χ3n) is 4.55. The fourth-order valence-corrected chi connectivity index (χ4v) is 3.39. The van der Waals surface area contributed by atoms with Crippen LogP contribution in [0.5, 0.6) is 0 Å². The first-order valence-corrected chi connectivity index (χ1v) is 8.61. The molecule has 0 radical (unpaired) electrons. The van der Waals surface area contributed by atoms with Crippen LogP contribution in [-0.2, 0) is 6.42 Å². The maximum absolute atomic E-state index is 13.1. The number of hydrogen-bond acceptors (Lipinski definition) is 3. The zero-order valence-electron chi connectivity index (χ0n) is 15.0. The summed E-state index contributed by atoms with van der Waals surface area (Å²) in [5.74, 6) is -0.543. The normalized spacial score (nSPS) is 15.2. The number of carbonyl (C=O) groups is 2. The van der Waals surface area contributed by atoms with Gasteiger partial charge in [0, 0.05) is 29.9 Å². The average molecular weight is 350 g/mol. The number of carbonyl (C=O) groups excluding carboxylic acids is 2. The van der Waals surface area contributed by atoms with Crippen LogP contribution < -0.4 is 10.9 Å². The van der Waals surface area contributed by atoms with Gasteiger partial charge in [-0.1, -0.05) is 38.1 Å².